The molecule has 3 rings (SSSR count). The molecule has 0 aliphatic heterocycles. The van der Waals surface area contributed by atoms with Crippen LogP contribution in [0.3, 0.4) is 0 Å². The summed E-state index contributed by atoms with van der Waals surface area (Å²) in [6, 6.07) is 17.1. The summed E-state index contributed by atoms with van der Waals surface area (Å²) in [6.07, 6.45) is 2.07. The first-order valence-corrected chi connectivity index (χ1v) is 8.99. The van der Waals surface area contributed by atoms with Gasteiger partial charge in [0.15, 0.2) is 5.78 Å². The molecule has 0 heterocycles. The molecule has 5 heteroatoms. The van der Waals surface area contributed by atoms with E-state index < -0.39 is 11.9 Å². The van der Waals surface area contributed by atoms with Crippen molar-refractivity contribution in [1.82, 2.24) is 0 Å². The number of rotatable bonds is 6. The van der Waals surface area contributed by atoms with Crippen molar-refractivity contribution in [2.75, 3.05) is 19.0 Å². The molecule has 0 saturated carbocycles. The van der Waals surface area contributed by atoms with Gasteiger partial charge in [0.05, 0.1) is 13.7 Å². The van der Waals surface area contributed by atoms with Gasteiger partial charge in [-0.3, -0.25) is 9.59 Å². The zero-order valence-corrected chi connectivity index (χ0v) is 15.5. The van der Waals surface area contributed by atoms with Gasteiger partial charge in [-0.25, -0.2) is 0 Å². The minimum absolute atomic E-state index is 0.232. The lowest BCUT2D eigenvalue weighted by Gasteiger charge is -2.29. The van der Waals surface area contributed by atoms with E-state index in [1.807, 2.05) is 54.6 Å². The molecule has 0 amide bonds. The Bertz CT molecular complexity index is 827. The topological polar surface area (TPSA) is 64.6 Å². The summed E-state index contributed by atoms with van der Waals surface area (Å²) in [7, 11) is 1.62. The third-order valence-corrected chi connectivity index (χ3v) is 4.63. The van der Waals surface area contributed by atoms with E-state index in [9.17, 15) is 9.59 Å². The molecule has 0 unspecified atom stereocenters. The van der Waals surface area contributed by atoms with Gasteiger partial charge < -0.3 is 14.8 Å². The van der Waals surface area contributed by atoms with Gasteiger partial charge in [0.1, 0.15) is 11.7 Å². The number of esters is 1. The Labute approximate surface area is 159 Å². The van der Waals surface area contributed by atoms with E-state index in [1.54, 1.807) is 14.0 Å². The molecule has 1 aliphatic rings. The Morgan fingerprint density at radius 1 is 1.11 bits per heavy atom. The highest BCUT2D eigenvalue weighted by molar-refractivity contribution is 6.07. The van der Waals surface area contributed by atoms with Crippen molar-refractivity contribution >= 4 is 17.4 Å². The molecule has 2 aromatic carbocycles. The van der Waals surface area contributed by atoms with E-state index in [2.05, 4.69) is 5.32 Å². The Morgan fingerprint density at radius 3 is 2.44 bits per heavy atom. The normalized spacial score (nSPS) is 19.2. The van der Waals surface area contributed by atoms with Gasteiger partial charge in [-0.1, -0.05) is 30.3 Å². The van der Waals surface area contributed by atoms with Crippen molar-refractivity contribution in [1.29, 1.82) is 0 Å². The number of hydrogen-bond donors (Lipinski definition) is 1. The van der Waals surface area contributed by atoms with E-state index in [0.29, 0.717) is 6.42 Å². The SMILES string of the molecule is CCOC(=O)[C@H]1C(=O)C=C(Nc2ccc(OC)cc2)C[C@@H]1c1ccccc1. The minimum atomic E-state index is -0.811. The molecule has 27 heavy (non-hydrogen) atoms. The first kappa shape index (κ1) is 18.7. The first-order valence-electron chi connectivity index (χ1n) is 8.99. The average molecular weight is 365 g/mol. The summed E-state index contributed by atoms with van der Waals surface area (Å²) in [6.45, 7) is 2.00. The van der Waals surface area contributed by atoms with Crippen molar-refractivity contribution in [2.24, 2.45) is 5.92 Å². The van der Waals surface area contributed by atoms with Crippen LogP contribution in [0.4, 0.5) is 5.69 Å². The molecule has 2 atom stereocenters. The second kappa shape index (κ2) is 8.54. The number of methoxy groups -OCH3 is 1. The van der Waals surface area contributed by atoms with Crippen LogP contribution in [0, 0.1) is 5.92 Å². The lowest BCUT2D eigenvalue weighted by molar-refractivity contribution is -0.151. The Hall–Kier alpha value is -3.08. The third-order valence-electron chi connectivity index (χ3n) is 4.63. The number of anilines is 1. The van der Waals surface area contributed by atoms with Gasteiger partial charge in [0.25, 0.3) is 0 Å². The molecule has 0 saturated heterocycles. The van der Waals surface area contributed by atoms with Crippen LogP contribution in [0.25, 0.3) is 0 Å². The highest BCUT2D eigenvalue weighted by Gasteiger charge is 2.39. The Balaban J connectivity index is 1.87. The van der Waals surface area contributed by atoms with Crippen LogP contribution >= 0.6 is 0 Å². The molecule has 140 valence electrons. The van der Waals surface area contributed by atoms with Crippen molar-refractivity contribution < 1.29 is 19.1 Å². The van der Waals surface area contributed by atoms with Crippen molar-refractivity contribution in [3.8, 4) is 5.75 Å². The van der Waals surface area contributed by atoms with Gasteiger partial charge in [-0.2, -0.15) is 0 Å². The number of allylic oxidation sites excluding steroid dienone is 2. The average Bonchev–Trinajstić information content (AvgIpc) is 2.69. The molecule has 1 aliphatic carbocycles. The summed E-state index contributed by atoms with van der Waals surface area (Å²) >= 11 is 0. The highest BCUT2D eigenvalue weighted by atomic mass is 16.5. The molecule has 0 radical (unpaired) electrons. The van der Waals surface area contributed by atoms with Crippen LogP contribution < -0.4 is 10.1 Å². The van der Waals surface area contributed by atoms with Crippen LogP contribution in [-0.4, -0.2) is 25.5 Å². The largest absolute Gasteiger partial charge is 0.497 e. The molecule has 0 aromatic heterocycles. The summed E-state index contributed by atoms with van der Waals surface area (Å²) in [5, 5.41) is 3.29. The maximum absolute atomic E-state index is 12.8. The molecule has 0 fully saturated rings. The van der Waals surface area contributed by atoms with Gasteiger partial charge in [-0.15, -0.1) is 0 Å². The smallest absolute Gasteiger partial charge is 0.317 e. The fraction of sp³-hybridized carbons (Fsp3) is 0.273. The molecule has 5 nitrogen and oxygen atoms in total. The van der Waals surface area contributed by atoms with Crippen LogP contribution in [0.15, 0.2) is 66.4 Å². The Morgan fingerprint density at radius 2 is 1.81 bits per heavy atom. The van der Waals surface area contributed by atoms with Crippen molar-refractivity contribution in [3.63, 3.8) is 0 Å². The van der Waals surface area contributed by atoms with E-state index in [1.165, 1.54) is 6.08 Å². The zero-order chi connectivity index (χ0) is 19.2. The molecular formula is C22H23NO4. The van der Waals surface area contributed by atoms with Crippen molar-refractivity contribution in [2.45, 2.75) is 19.3 Å². The number of carbonyl (C=O) groups is 2. The number of carbonyl (C=O) groups excluding carboxylic acids is 2. The van der Waals surface area contributed by atoms with Crippen LogP contribution in [0.1, 0.15) is 24.8 Å². The quantitative estimate of drug-likeness (QED) is 0.621. The molecule has 1 N–H and O–H groups in total. The van der Waals surface area contributed by atoms with Crippen LogP contribution in [-0.2, 0) is 14.3 Å². The van der Waals surface area contributed by atoms with Crippen LogP contribution in [0.2, 0.25) is 0 Å². The summed E-state index contributed by atoms with van der Waals surface area (Å²) < 4.78 is 10.3. The predicted octanol–water partition coefficient (Wildman–Crippen LogP) is 3.93. The fourth-order valence-corrected chi connectivity index (χ4v) is 3.34. The fourth-order valence-electron chi connectivity index (χ4n) is 3.34. The standard InChI is InChI=1S/C22H23NO4/c1-3-27-22(25)21-19(15-7-5-4-6-8-15)13-17(14-20(21)24)23-16-9-11-18(26-2)12-10-16/h4-12,14,19,21,23H,3,13H2,1-2H3/t19-,21-/m1/s1. The lowest BCUT2D eigenvalue weighted by Crippen LogP contribution is -2.35. The lowest BCUT2D eigenvalue weighted by atomic mass is 9.76. The second-order valence-electron chi connectivity index (χ2n) is 6.38. The Kier molecular flexibility index (Phi) is 5.91. The van der Waals surface area contributed by atoms with Gasteiger partial charge in [0.2, 0.25) is 0 Å². The third kappa shape index (κ3) is 4.37. The zero-order valence-electron chi connectivity index (χ0n) is 15.5. The van der Waals surface area contributed by atoms with E-state index in [4.69, 9.17) is 9.47 Å². The summed E-state index contributed by atoms with van der Waals surface area (Å²) in [4.78, 5) is 25.2. The number of nitrogens with one attached hydrogen (secondary N) is 1. The van der Waals surface area contributed by atoms with Gasteiger partial charge in [0, 0.05) is 23.4 Å². The van der Waals surface area contributed by atoms with E-state index >= 15 is 0 Å². The number of ketones is 1. The van der Waals surface area contributed by atoms with Crippen LogP contribution in [0.5, 0.6) is 5.75 Å². The summed E-state index contributed by atoms with van der Waals surface area (Å²) in [5.74, 6) is -1.00. The molecule has 0 spiro atoms. The number of ether oxygens (including phenoxy) is 2. The van der Waals surface area contributed by atoms with Gasteiger partial charge >= 0.3 is 5.97 Å². The van der Waals surface area contributed by atoms with E-state index in [0.717, 1.165) is 22.7 Å². The first-order chi connectivity index (χ1) is 13.1. The van der Waals surface area contributed by atoms with Crippen molar-refractivity contribution in [3.05, 3.63) is 71.9 Å². The number of benzene rings is 2. The maximum atomic E-state index is 12.8. The molecule has 2 aromatic rings. The molecule has 0 bridgehead atoms. The van der Waals surface area contributed by atoms with Gasteiger partial charge in [-0.05, 0) is 43.2 Å². The van der Waals surface area contributed by atoms with E-state index in [-0.39, 0.29) is 18.3 Å². The number of hydrogen-bond acceptors (Lipinski definition) is 5. The minimum Gasteiger partial charge on any atom is -0.497 e. The highest BCUT2D eigenvalue weighted by Crippen LogP contribution is 2.37. The summed E-state index contributed by atoms with van der Waals surface area (Å²) in [5.41, 5.74) is 2.59. The maximum Gasteiger partial charge on any atom is 0.317 e. The second-order valence-corrected chi connectivity index (χ2v) is 6.38. The monoisotopic (exact) mass is 365 g/mol. The predicted molar refractivity (Wildman–Crippen MR) is 104 cm³/mol. The molecular weight excluding hydrogens is 342 g/mol.